The first-order chi connectivity index (χ1) is 17.4. The van der Waals surface area contributed by atoms with Gasteiger partial charge in [-0.15, -0.1) is 5.10 Å². The normalized spacial score (nSPS) is 14.6. The average molecular weight is 490 g/mol. The molecule has 0 aliphatic heterocycles. The molecular weight excluding hydrogens is 458 g/mol. The molecule has 2 aromatic heterocycles. The lowest BCUT2D eigenvalue weighted by molar-refractivity contribution is 0.0928. The van der Waals surface area contributed by atoms with E-state index in [2.05, 4.69) is 10.4 Å². The Labute approximate surface area is 208 Å². The number of aromatic nitrogens is 4. The number of hydrogen-bond donors (Lipinski definition) is 1. The summed E-state index contributed by atoms with van der Waals surface area (Å²) in [7, 11) is 1.59. The first kappa shape index (κ1) is 23.8. The molecule has 188 valence electrons. The quantitative estimate of drug-likeness (QED) is 0.447. The number of carbonyl (C=O) groups is 1. The van der Waals surface area contributed by atoms with E-state index in [0.717, 1.165) is 31.2 Å². The Bertz CT molecular complexity index is 1560. The molecule has 0 bridgehead atoms. The van der Waals surface area contributed by atoms with Crippen LogP contribution in [0.1, 0.15) is 67.9 Å². The molecule has 1 aliphatic rings. The fraction of sp³-hybridized carbons (Fsp3) is 0.407. The summed E-state index contributed by atoms with van der Waals surface area (Å²) in [5, 5.41) is 8.03. The van der Waals surface area contributed by atoms with Crippen molar-refractivity contribution in [3.63, 3.8) is 0 Å². The molecule has 36 heavy (non-hydrogen) atoms. The molecule has 2 aromatic carbocycles. The fourth-order valence-corrected chi connectivity index (χ4v) is 5.05. The van der Waals surface area contributed by atoms with E-state index in [9.17, 15) is 14.4 Å². The van der Waals surface area contributed by atoms with Gasteiger partial charge in [-0.3, -0.25) is 14.2 Å². The molecular formula is C27H31N5O4. The minimum atomic E-state index is -0.378. The molecule has 0 atom stereocenters. The second kappa shape index (κ2) is 9.64. The number of rotatable bonds is 6. The minimum absolute atomic E-state index is 0.157. The number of ether oxygens (including phenoxy) is 1. The van der Waals surface area contributed by atoms with Crippen LogP contribution in [0.4, 0.5) is 0 Å². The number of amides is 1. The van der Waals surface area contributed by atoms with Crippen LogP contribution in [0.15, 0.2) is 52.1 Å². The number of fused-ring (bicyclic) bond motifs is 3. The highest BCUT2D eigenvalue weighted by atomic mass is 16.5. The van der Waals surface area contributed by atoms with Gasteiger partial charge in [-0.05, 0) is 62.6 Å². The van der Waals surface area contributed by atoms with Gasteiger partial charge in [0.15, 0.2) is 0 Å². The largest absolute Gasteiger partial charge is 0.497 e. The van der Waals surface area contributed by atoms with Gasteiger partial charge in [-0.2, -0.15) is 0 Å². The minimum Gasteiger partial charge on any atom is -0.497 e. The first-order valence-corrected chi connectivity index (χ1v) is 12.5. The van der Waals surface area contributed by atoms with Crippen LogP contribution in [0.2, 0.25) is 0 Å². The van der Waals surface area contributed by atoms with Crippen molar-refractivity contribution in [1.29, 1.82) is 0 Å². The zero-order valence-electron chi connectivity index (χ0n) is 20.9. The molecule has 1 N–H and O–H groups in total. The molecule has 5 rings (SSSR count). The predicted molar refractivity (Wildman–Crippen MR) is 138 cm³/mol. The molecule has 9 heteroatoms. The van der Waals surface area contributed by atoms with E-state index >= 15 is 0 Å². The summed E-state index contributed by atoms with van der Waals surface area (Å²) in [6.45, 7) is 3.98. The van der Waals surface area contributed by atoms with Crippen molar-refractivity contribution < 1.29 is 9.53 Å². The van der Waals surface area contributed by atoms with Crippen LogP contribution in [0.3, 0.4) is 0 Å². The Morgan fingerprint density at radius 3 is 2.61 bits per heavy atom. The van der Waals surface area contributed by atoms with Gasteiger partial charge in [0.05, 0.1) is 24.6 Å². The molecule has 1 saturated carbocycles. The van der Waals surface area contributed by atoms with Gasteiger partial charge in [0.1, 0.15) is 5.75 Å². The highest BCUT2D eigenvalue weighted by Crippen LogP contribution is 2.20. The SMILES string of the molecule is COc1cccc(Cn2nc3n(C(C)C)c(=O)c4ccc(C(=O)NC5CCCCC5)cc4n3c2=O)c1. The van der Waals surface area contributed by atoms with Crippen LogP contribution in [-0.4, -0.2) is 37.8 Å². The number of hydrogen-bond acceptors (Lipinski definition) is 5. The molecule has 2 heterocycles. The van der Waals surface area contributed by atoms with Crippen LogP contribution in [0.5, 0.6) is 5.75 Å². The van der Waals surface area contributed by atoms with Gasteiger partial charge in [-0.1, -0.05) is 31.4 Å². The molecule has 1 aliphatic carbocycles. The summed E-state index contributed by atoms with van der Waals surface area (Å²) >= 11 is 0. The third-order valence-corrected chi connectivity index (χ3v) is 6.91. The summed E-state index contributed by atoms with van der Waals surface area (Å²) in [6, 6.07) is 12.3. The Kier molecular flexibility index (Phi) is 6.38. The van der Waals surface area contributed by atoms with Crippen molar-refractivity contribution in [2.45, 2.75) is 64.6 Å². The van der Waals surface area contributed by atoms with E-state index in [1.54, 1.807) is 25.3 Å². The lowest BCUT2D eigenvalue weighted by Gasteiger charge is -2.22. The lowest BCUT2D eigenvalue weighted by atomic mass is 9.95. The van der Waals surface area contributed by atoms with Crippen LogP contribution in [0.25, 0.3) is 16.7 Å². The molecule has 0 spiro atoms. The van der Waals surface area contributed by atoms with Crippen LogP contribution in [0, 0.1) is 0 Å². The number of nitrogens with one attached hydrogen (secondary N) is 1. The van der Waals surface area contributed by atoms with Crippen LogP contribution < -0.4 is 21.3 Å². The highest BCUT2D eigenvalue weighted by Gasteiger charge is 2.22. The zero-order valence-corrected chi connectivity index (χ0v) is 20.9. The molecule has 4 aromatic rings. The van der Waals surface area contributed by atoms with Crippen LogP contribution in [-0.2, 0) is 6.54 Å². The van der Waals surface area contributed by atoms with Crippen molar-refractivity contribution in [3.05, 3.63) is 74.4 Å². The van der Waals surface area contributed by atoms with Gasteiger partial charge in [0, 0.05) is 17.6 Å². The number of benzene rings is 2. The lowest BCUT2D eigenvalue weighted by Crippen LogP contribution is -2.36. The Balaban J connectivity index is 1.64. The van der Waals surface area contributed by atoms with E-state index in [1.807, 2.05) is 38.1 Å². The summed E-state index contributed by atoms with van der Waals surface area (Å²) in [5.74, 6) is 0.740. The summed E-state index contributed by atoms with van der Waals surface area (Å²) in [5.41, 5.74) is 1.02. The second-order valence-corrected chi connectivity index (χ2v) is 9.74. The van der Waals surface area contributed by atoms with E-state index in [-0.39, 0.29) is 41.6 Å². The van der Waals surface area contributed by atoms with E-state index in [1.165, 1.54) is 20.1 Å². The Morgan fingerprint density at radius 1 is 1.11 bits per heavy atom. The predicted octanol–water partition coefficient (Wildman–Crippen LogP) is 3.51. The molecule has 1 amide bonds. The van der Waals surface area contributed by atoms with Crippen LogP contribution >= 0.6 is 0 Å². The van der Waals surface area contributed by atoms with Gasteiger partial charge >= 0.3 is 5.69 Å². The monoisotopic (exact) mass is 489 g/mol. The van der Waals surface area contributed by atoms with Crippen molar-refractivity contribution >= 4 is 22.6 Å². The maximum Gasteiger partial charge on any atom is 0.352 e. The number of carbonyl (C=O) groups excluding carboxylic acids is 1. The fourth-order valence-electron chi connectivity index (χ4n) is 5.05. The Morgan fingerprint density at radius 2 is 1.89 bits per heavy atom. The topological polar surface area (TPSA) is 99.6 Å². The molecule has 0 radical (unpaired) electrons. The van der Waals surface area contributed by atoms with Crippen molar-refractivity contribution in [2.75, 3.05) is 7.11 Å². The second-order valence-electron chi connectivity index (χ2n) is 9.74. The smallest absolute Gasteiger partial charge is 0.352 e. The van der Waals surface area contributed by atoms with E-state index < -0.39 is 0 Å². The average Bonchev–Trinajstić information content (AvgIpc) is 3.19. The molecule has 9 nitrogen and oxygen atoms in total. The summed E-state index contributed by atoms with van der Waals surface area (Å²) in [4.78, 5) is 40.1. The third kappa shape index (κ3) is 4.29. The number of methoxy groups -OCH3 is 1. The summed E-state index contributed by atoms with van der Waals surface area (Å²) < 4.78 is 9.60. The van der Waals surface area contributed by atoms with Gasteiger partial charge in [-0.25, -0.2) is 13.9 Å². The first-order valence-electron chi connectivity index (χ1n) is 12.5. The van der Waals surface area contributed by atoms with E-state index in [4.69, 9.17) is 4.74 Å². The number of nitrogens with zero attached hydrogens (tertiary/aromatic N) is 4. The Hall–Kier alpha value is -3.88. The van der Waals surface area contributed by atoms with Crippen molar-refractivity contribution in [2.24, 2.45) is 0 Å². The van der Waals surface area contributed by atoms with Gasteiger partial charge < -0.3 is 10.1 Å². The van der Waals surface area contributed by atoms with Gasteiger partial charge in [0.25, 0.3) is 11.5 Å². The van der Waals surface area contributed by atoms with Crippen molar-refractivity contribution in [1.82, 2.24) is 24.1 Å². The van der Waals surface area contributed by atoms with Crippen molar-refractivity contribution in [3.8, 4) is 5.75 Å². The molecule has 0 unspecified atom stereocenters. The molecule has 1 fully saturated rings. The summed E-state index contributed by atoms with van der Waals surface area (Å²) in [6.07, 6.45) is 5.36. The maximum atomic E-state index is 13.6. The third-order valence-electron chi connectivity index (χ3n) is 6.91. The standard InChI is InChI=1S/C27H31N5O4/c1-17(2)31-25(34)22-13-12-19(24(33)28-20-9-5-4-6-10-20)15-23(22)32-26(31)29-30(27(32)35)16-18-8-7-11-21(14-18)36-3/h7-8,11-15,17,20H,4-6,9-10,16H2,1-3H3,(H,28,33). The highest BCUT2D eigenvalue weighted by molar-refractivity contribution is 5.98. The van der Waals surface area contributed by atoms with E-state index in [0.29, 0.717) is 22.2 Å². The van der Waals surface area contributed by atoms with Gasteiger partial charge in [0.2, 0.25) is 5.78 Å². The zero-order chi connectivity index (χ0) is 25.4. The maximum absolute atomic E-state index is 13.6. The molecule has 0 saturated heterocycles.